The summed E-state index contributed by atoms with van der Waals surface area (Å²) in [6.07, 6.45) is 6.30. The average Bonchev–Trinajstić information content (AvgIpc) is 2.55. The van der Waals surface area contributed by atoms with Gasteiger partial charge in [0.1, 0.15) is 4.75 Å². The van der Waals surface area contributed by atoms with Crippen molar-refractivity contribution < 1.29 is 8.42 Å². The second-order valence-corrected chi connectivity index (χ2v) is 8.10. The van der Waals surface area contributed by atoms with Crippen molar-refractivity contribution in [3.05, 3.63) is 23.8 Å². The Morgan fingerprint density at radius 1 is 1.15 bits per heavy atom. The topological polar surface area (TPSA) is 61.4 Å². The van der Waals surface area contributed by atoms with Gasteiger partial charge in [0.2, 0.25) is 10.0 Å². The molecule has 2 rings (SSSR count). The van der Waals surface area contributed by atoms with E-state index in [9.17, 15) is 8.42 Å². The van der Waals surface area contributed by atoms with Crippen LogP contribution in [0.5, 0.6) is 0 Å². The number of nitrogens with one attached hydrogen (secondary N) is 2. The number of sulfonamides is 1. The SMILES string of the molecule is CC1=CCC(C)(S(=O)(=O)N2CCNCCNCC2)C=C1. The summed E-state index contributed by atoms with van der Waals surface area (Å²) in [5.74, 6) is 0. The van der Waals surface area contributed by atoms with Crippen molar-refractivity contribution in [1.82, 2.24) is 14.9 Å². The van der Waals surface area contributed by atoms with Gasteiger partial charge >= 0.3 is 0 Å². The molecule has 0 aromatic heterocycles. The van der Waals surface area contributed by atoms with Crippen LogP contribution in [0.3, 0.4) is 0 Å². The highest BCUT2D eigenvalue weighted by molar-refractivity contribution is 7.90. The third kappa shape index (κ3) is 3.31. The highest BCUT2D eigenvalue weighted by Gasteiger charge is 2.41. The maximum absolute atomic E-state index is 12.9. The van der Waals surface area contributed by atoms with Crippen LogP contribution in [-0.4, -0.2) is 56.7 Å². The molecule has 1 unspecified atom stereocenters. The van der Waals surface area contributed by atoms with Crippen molar-refractivity contribution >= 4 is 10.0 Å². The molecule has 6 heteroatoms. The zero-order chi connectivity index (χ0) is 14.6. The van der Waals surface area contributed by atoms with Crippen LogP contribution in [0.15, 0.2) is 23.8 Å². The summed E-state index contributed by atoms with van der Waals surface area (Å²) in [5.41, 5.74) is 1.13. The van der Waals surface area contributed by atoms with Crippen molar-refractivity contribution in [2.75, 3.05) is 39.3 Å². The fourth-order valence-corrected chi connectivity index (χ4v) is 4.27. The van der Waals surface area contributed by atoms with Gasteiger partial charge in [-0.15, -0.1) is 0 Å². The van der Waals surface area contributed by atoms with Crippen molar-refractivity contribution in [3.63, 3.8) is 0 Å². The van der Waals surface area contributed by atoms with Gasteiger partial charge in [0, 0.05) is 39.3 Å². The van der Waals surface area contributed by atoms with Crippen LogP contribution < -0.4 is 10.6 Å². The normalized spacial score (nSPS) is 30.2. The molecule has 114 valence electrons. The van der Waals surface area contributed by atoms with Crippen molar-refractivity contribution in [2.24, 2.45) is 0 Å². The predicted molar refractivity (Wildman–Crippen MR) is 82.2 cm³/mol. The highest BCUT2D eigenvalue weighted by Crippen LogP contribution is 2.31. The van der Waals surface area contributed by atoms with E-state index in [1.54, 1.807) is 4.31 Å². The molecule has 1 atom stereocenters. The Kier molecular flexibility index (Phi) is 5.01. The van der Waals surface area contributed by atoms with E-state index in [2.05, 4.69) is 10.6 Å². The van der Waals surface area contributed by atoms with E-state index in [0.29, 0.717) is 32.6 Å². The summed E-state index contributed by atoms with van der Waals surface area (Å²) in [4.78, 5) is 0. The molecule has 2 N–H and O–H groups in total. The smallest absolute Gasteiger partial charge is 0.223 e. The van der Waals surface area contributed by atoms with Crippen molar-refractivity contribution in [1.29, 1.82) is 0 Å². The van der Waals surface area contributed by atoms with E-state index in [-0.39, 0.29) is 0 Å². The molecule has 1 heterocycles. The molecule has 1 aliphatic heterocycles. The standard InChI is InChI=1S/C14H25N3O2S/c1-13-3-5-14(2,6-4-13)20(18,19)17-11-9-15-7-8-16-10-12-17/h3-5,15-16H,6-12H2,1-2H3. The first-order valence-corrected chi connectivity index (χ1v) is 8.67. The lowest BCUT2D eigenvalue weighted by molar-refractivity contribution is 0.398. The molecule has 20 heavy (non-hydrogen) atoms. The van der Waals surface area contributed by atoms with Gasteiger partial charge in [-0.25, -0.2) is 8.42 Å². The maximum atomic E-state index is 12.9. The van der Waals surface area contributed by atoms with Gasteiger partial charge in [0.25, 0.3) is 0 Å². The van der Waals surface area contributed by atoms with Crippen LogP contribution in [-0.2, 0) is 10.0 Å². The Bertz CT molecular complexity index is 489. The second kappa shape index (κ2) is 6.39. The van der Waals surface area contributed by atoms with E-state index < -0.39 is 14.8 Å². The molecule has 0 amide bonds. The fraction of sp³-hybridized carbons (Fsp3) is 0.714. The fourth-order valence-electron chi connectivity index (χ4n) is 2.48. The van der Waals surface area contributed by atoms with Crippen molar-refractivity contribution in [2.45, 2.75) is 25.0 Å². The number of allylic oxidation sites excluding steroid dienone is 3. The van der Waals surface area contributed by atoms with Crippen molar-refractivity contribution in [3.8, 4) is 0 Å². The summed E-state index contributed by atoms with van der Waals surface area (Å²) in [7, 11) is -3.34. The molecular weight excluding hydrogens is 274 g/mol. The van der Waals surface area contributed by atoms with Gasteiger partial charge in [0.05, 0.1) is 0 Å². The minimum atomic E-state index is -3.34. The van der Waals surface area contributed by atoms with Crippen LogP contribution in [0.4, 0.5) is 0 Å². The molecule has 2 aliphatic rings. The molecule has 5 nitrogen and oxygen atoms in total. The number of nitrogens with zero attached hydrogens (tertiary/aromatic N) is 1. The summed E-state index contributed by atoms with van der Waals surface area (Å²) in [6.45, 7) is 8.06. The minimum absolute atomic E-state index is 0.538. The first kappa shape index (κ1) is 15.7. The van der Waals surface area contributed by atoms with Crippen LogP contribution >= 0.6 is 0 Å². The number of hydrogen-bond donors (Lipinski definition) is 2. The zero-order valence-electron chi connectivity index (χ0n) is 12.4. The first-order valence-electron chi connectivity index (χ1n) is 7.23. The predicted octanol–water partition coefficient (Wildman–Crippen LogP) is 0.476. The molecule has 1 aliphatic carbocycles. The summed E-state index contributed by atoms with van der Waals surface area (Å²) >= 11 is 0. The third-order valence-electron chi connectivity index (χ3n) is 4.01. The minimum Gasteiger partial charge on any atom is -0.314 e. The van der Waals surface area contributed by atoms with Crippen LogP contribution in [0.25, 0.3) is 0 Å². The Morgan fingerprint density at radius 3 is 2.25 bits per heavy atom. The average molecular weight is 299 g/mol. The van der Waals surface area contributed by atoms with Crippen LogP contribution in [0.1, 0.15) is 20.3 Å². The van der Waals surface area contributed by atoms with Gasteiger partial charge in [-0.3, -0.25) is 0 Å². The highest BCUT2D eigenvalue weighted by atomic mass is 32.2. The molecular formula is C14H25N3O2S. The van der Waals surface area contributed by atoms with Gasteiger partial charge in [0.15, 0.2) is 0 Å². The summed E-state index contributed by atoms with van der Waals surface area (Å²) < 4.78 is 26.7. The molecule has 0 radical (unpaired) electrons. The number of hydrogen-bond acceptors (Lipinski definition) is 4. The third-order valence-corrected chi connectivity index (χ3v) is 6.54. The van der Waals surface area contributed by atoms with E-state index in [1.807, 2.05) is 32.1 Å². The first-order chi connectivity index (χ1) is 9.46. The Morgan fingerprint density at radius 2 is 1.75 bits per heavy atom. The molecule has 0 saturated carbocycles. The van der Waals surface area contributed by atoms with Crippen LogP contribution in [0, 0.1) is 0 Å². The Labute approximate surface area is 122 Å². The van der Waals surface area contributed by atoms with Gasteiger partial charge in [-0.1, -0.05) is 23.8 Å². The van der Waals surface area contributed by atoms with E-state index in [0.717, 1.165) is 18.7 Å². The Hall–Kier alpha value is -0.690. The van der Waals surface area contributed by atoms with Gasteiger partial charge in [-0.2, -0.15) is 4.31 Å². The van der Waals surface area contributed by atoms with E-state index >= 15 is 0 Å². The molecule has 1 fully saturated rings. The zero-order valence-corrected chi connectivity index (χ0v) is 13.2. The quantitative estimate of drug-likeness (QED) is 0.778. The van der Waals surface area contributed by atoms with E-state index in [1.165, 1.54) is 0 Å². The molecule has 0 spiro atoms. The lowest BCUT2D eigenvalue weighted by atomic mass is 9.98. The molecule has 1 saturated heterocycles. The summed E-state index contributed by atoms with van der Waals surface area (Å²) in [5, 5.41) is 6.51. The lowest BCUT2D eigenvalue weighted by Crippen LogP contribution is -2.49. The lowest BCUT2D eigenvalue weighted by Gasteiger charge is -2.34. The number of rotatable bonds is 2. The largest absolute Gasteiger partial charge is 0.314 e. The van der Waals surface area contributed by atoms with Gasteiger partial charge in [-0.05, 0) is 20.3 Å². The van der Waals surface area contributed by atoms with E-state index in [4.69, 9.17) is 0 Å². The summed E-state index contributed by atoms with van der Waals surface area (Å²) in [6, 6.07) is 0. The molecule has 0 aromatic rings. The Balaban J connectivity index is 2.17. The molecule has 0 bridgehead atoms. The second-order valence-electron chi connectivity index (χ2n) is 5.70. The van der Waals surface area contributed by atoms with Crippen LogP contribution in [0.2, 0.25) is 0 Å². The molecule has 0 aromatic carbocycles. The maximum Gasteiger partial charge on any atom is 0.223 e. The van der Waals surface area contributed by atoms with Gasteiger partial charge < -0.3 is 10.6 Å². The monoisotopic (exact) mass is 299 g/mol.